The fourth-order valence-corrected chi connectivity index (χ4v) is 4.29. The van der Waals surface area contributed by atoms with E-state index >= 15 is 0 Å². The van der Waals surface area contributed by atoms with Crippen LogP contribution in [0.15, 0.2) is 41.3 Å². The molecule has 0 fully saturated rings. The van der Waals surface area contributed by atoms with Gasteiger partial charge in [-0.1, -0.05) is 6.07 Å². The van der Waals surface area contributed by atoms with Crippen LogP contribution in [-0.2, 0) is 21.2 Å². The van der Waals surface area contributed by atoms with Gasteiger partial charge in [0.25, 0.3) is 0 Å². The summed E-state index contributed by atoms with van der Waals surface area (Å²) in [6, 6.07) is 10.3. The number of amides is 1. The summed E-state index contributed by atoms with van der Waals surface area (Å²) in [5.41, 5.74) is 2.31. The molecule has 2 N–H and O–H groups in total. The average molecular weight is 419 g/mol. The van der Waals surface area contributed by atoms with Gasteiger partial charge in [-0.05, 0) is 68.7 Å². The molecule has 0 spiro atoms. The Morgan fingerprint density at radius 3 is 2.48 bits per heavy atom. The predicted molar refractivity (Wildman–Crippen MR) is 111 cm³/mol. The van der Waals surface area contributed by atoms with Gasteiger partial charge in [0.05, 0.1) is 24.0 Å². The molecule has 0 unspecified atom stereocenters. The van der Waals surface area contributed by atoms with Crippen LogP contribution in [0.3, 0.4) is 0 Å². The number of ether oxygens (including phenoxy) is 2. The van der Waals surface area contributed by atoms with Crippen molar-refractivity contribution < 1.29 is 22.7 Å². The Balaban J connectivity index is 1.67. The van der Waals surface area contributed by atoms with Gasteiger partial charge in [-0.15, -0.1) is 0 Å². The monoisotopic (exact) mass is 418 g/mol. The summed E-state index contributed by atoms with van der Waals surface area (Å²) in [4.78, 5) is 11.9. The molecule has 0 bridgehead atoms. The van der Waals surface area contributed by atoms with Crippen LogP contribution in [0.25, 0.3) is 0 Å². The summed E-state index contributed by atoms with van der Waals surface area (Å²) in [6.45, 7) is 6.86. The molecule has 0 saturated heterocycles. The van der Waals surface area contributed by atoms with Crippen molar-refractivity contribution >= 4 is 21.6 Å². The SMILES string of the molecule is CCOc1ccc(CCNS(=O)(=O)c2ccc3c(c2)[C@H](C)C(=O)N3)cc1OCC. The number of anilines is 1. The summed E-state index contributed by atoms with van der Waals surface area (Å²) in [5, 5.41) is 2.74. The number of sulfonamides is 1. The van der Waals surface area contributed by atoms with Crippen molar-refractivity contribution in [3.8, 4) is 11.5 Å². The molecule has 1 amide bonds. The van der Waals surface area contributed by atoms with Crippen molar-refractivity contribution in [1.82, 2.24) is 4.72 Å². The third-order valence-corrected chi connectivity index (χ3v) is 6.22. The van der Waals surface area contributed by atoms with E-state index in [9.17, 15) is 13.2 Å². The first-order valence-electron chi connectivity index (χ1n) is 9.68. The van der Waals surface area contributed by atoms with E-state index in [1.807, 2.05) is 32.0 Å². The number of nitrogens with one attached hydrogen (secondary N) is 2. The van der Waals surface area contributed by atoms with E-state index in [2.05, 4.69) is 10.0 Å². The molecule has 1 aliphatic rings. The molecule has 2 aromatic rings. The largest absolute Gasteiger partial charge is 0.490 e. The fraction of sp³-hybridized carbons (Fsp3) is 0.381. The quantitative estimate of drug-likeness (QED) is 0.653. The number of carbonyl (C=O) groups is 1. The lowest BCUT2D eigenvalue weighted by molar-refractivity contribution is -0.116. The van der Waals surface area contributed by atoms with Gasteiger partial charge in [-0.25, -0.2) is 13.1 Å². The highest BCUT2D eigenvalue weighted by Crippen LogP contribution is 2.33. The van der Waals surface area contributed by atoms with E-state index in [4.69, 9.17) is 9.47 Å². The lowest BCUT2D eigenvalue weighted by Crippen LogP contribution is -2.26. The van der Waals surface area contributed by atoms with Gasteiger partial charge in [-0.3, -0.25) is 4.79 Å². The van der Waals surface area contributed by atoms with Crippen molar-refractivity contribution in [2.75, 3.05) is 25.1 Å². The van der Waals surface area contributed by atoms with E-state index < -0.39 is 10.0 Å². The zero-order valence-electron chi connectivity index (χ0n) is 16.8. The maximum Gasteiger partial charge on any atom is 0.240 e. The second kappa shape index (κ2) is 8.84. The second-order valence-corrected chi connectivity index (χ2v) is 8.52. The topological polar surface area (TPSA) is 93.7 Å². The summed E-state index contributed by atoms with van der Waals surface area (Å²) in [7, 11) is -3.68. The molecule has 0 aliphatic carbocycles. The molecular weight excluding hydrogens is 392 g/mol. The molecule has 1 heterocycles. The molecule has 1 atom stereocenters. The number of benzene rings is 2. The number of fused-ring (bicyclic) bond motifs is 1. The van der Waals surface area contributed by atoms with Crippen LogP contribution in [0.2, 0.25) is 0 Å². The van der Waals surface area contributed by atoms with Crippen LogP contribution >= 0.6 is 0 Å². The van der Waals surface area contributed by atoms with Crippen molar-refractivity contribution in [2.24, 2.45) is 0 Å². The molecular formula is C21H26N2O5S. The zero-order chi connectivity index (χ0) is 21.0. The summed E-state index contributed by atoms with van der Waals surface area (Å²) < 4.78 is 39.1. The summed E-state index contributed by atoms with van der Waals surface area (Å²) in [6.07, 6.45) is 0.507. The second-order valence-electron chi connectivity index (χ2n) is 6.75. The minimum Gasteiger partial charge on any atom is -0.490 e. The number of carbonyl (C=O) groups excluding carboxylic acids is 1. The third kappa shape index (κ3) is 4.71. The number of hydrogen-bond donors (Lipinski definition) is 2. The van der Waals surface area contributed by atoms with E-state index in [1.54, 1.807) is 19.1 Å². The average Bonchev–Trinajstić information content (AvgIpc) is 2.97. The van der Waals surface area contributed by atoms with Crippen LogP contribution in [0.4, 0.5) is 5.69 Å². The van der Waals surface area contributed by atoms with E-state index in [1.165, 1.54) is 6.07 Å². The molecule has 156 valence electrons. The minimum absolute atomic E-state index is 0.122. The lowest BCUT2D eigenvalue weighted by atomic mass is 10.0. The predicted octanol–water partition coefficient (Wildman–Crippen LogP) is 3.06. The molecule has 29 heavy (non-hydrogen) atoms. The first-order chi connectivity index (χ1) is 13.9. The van der Waals surface area contributed by atoms with Gasteiger partial charge in [0.15, 0.2) is 11.5 Å². The van der Waals surface area contributed by atoms with Crippen molar-refractivity contribution in [3.05, 3.63) is 47.5 Å². The van der Waals surface area contributed by atoms with Gasteiger partial charge >= 0.3 is 0 Å². The van der Waals surface area contributed by atoms with Crippen molar-refractivity contribution in [2.45, 2.75) is 38.0 Å². The standard InChI is InChI=1S/C21H26N2O5S/c1-4-27-19-9-6-15(12-20(19)28-5-2)10-11-22-29(25,26)16-7-8-18-17(13-16)14(3)21(24)23-18/h6-9,12-14,22H,4-5,10-11H2,1-3H3,(H,23,24)/t14-/m0/s1. The maximum atomic E-state index is 12.7. The lowest BCUT2D eigenvalue weighted by Gasteiger charge is -2.13. The molecule has 1 aliphatic heterocycles. The number of rotatable bonds is 9. The smallest absolute Gasteiger partial charge is 0.240 e. The van der Waals surface area contributed by atoms with Crippen LogP contribution in [0, 0.1) is 0 Å². The van der Waals surface area contributed by atoms with Crippen LogP contribution < -0.4 is 19.5 Å². The van der Waals surface area contributed by atoms with E-state index in [0.717, 1.165) is 5.56 Å². The molecule has 2 aromatic carbocycles. The molecule has 8 heteroatoms. The highest BCUT2D eigenvalue weighted by atomic mass is 32.2. The summed E-state index contributed by atoms with van der Waals surface area (Å²) >= 11 is 0. The maximum absolute atomic E-state index is 12.7. The Labute approximate surface area is 171 Å². The normalized spacial score (nSPS) is 15.7. The van der Waals surface area contributed by atoms with Crippen molar-refractivity contribution in [3.63, 3.8) is 0 Å². The third-order valence-electron chi connectivity index (χ3n) is 4.76. The van der Waals surface area contributed by atoms with Gasteiger partial charge in [0.1, 0.15) is 0 Å². The van der Waals surface area contributed by atoms with Gasteiger partial charge in [0, 0.05) is 12.2 Å². The van der Waals surface area contributed by atoms with E-state index in [0.29, 0.717) is 42.4 Å². The van der Waals surface area contributed by atoms with Crippen LogP contribution in [-0.4, -0.2) is 34.1 Å². The molecule has 7 nitrogen and oxygen atoms in total. The Kier molecular flexibility index (Phi) is 6.44. The molecule has 0 radical (unpaired) electrons. The highest BCUT2D eigenvalue weighted by Gasteiger charge is 2.28. The summed E-state index contributed by atoms with van der Waals surface area (Å²) in [5.74, 6) is 0.845. The Morgan fingerprint density at radius 1 is 1.03 bits per heavy atom. The zero-order valence-corrected chi connectivity index (χ0v) is 17.6. The Bertz CT molecular complexity index is 1000. The molecule has 0 aromatic heterocycles. The van der Waals surface area contributed by atoms with Crippen molar-refractivity contribution in [1.29, 1.82) is 0 Å². The minimum atomic E-state index is -3.68. The first-order valence-corrected chi connectivity index (χ1v) is 11.2. The van der Waals surface area contributed by atoms with E-state index in [-0.39, 0.29) is 23.3 Å². The number of hydrogen-bond acceptors (Lipinski definition) is 5. The molecule has 0 saturated carbocycles. The fourth-order valence-electron chi connectivity index (χ4n) is 3.23. The molecule has 3 rings (SSSR count). The van der Waals surface area contributed by atoms with Crippen LogP contribution in [0.1, 0.15) is 37.8 Å². The Hall–Kier alpha value is -2.58. The van der Waals surface area contributed by atoms with Crippen LogP contribution in [0.5, 0.6) is 11.5 Å². The highest BCUT2D eigenvalue weighted by molar-refractivity contribution is 7.89. The Morgan fingerprint density at radius 2 is 1.76 bits per heavy atom. The first kappa shape index (κ1) is 21.1. The van der Waals surface area contributed by atoms with Gasteiger partial charge in [-0.2, -0.15) is 0 Å². The van der Waals surface area contributed by atoms with Gasteiger partial charge in [0.2, 0.25) is 15.9 Å². The van der Waals surface area contributed by atoms with Gasteiger partial charge < -0.3 is 14.8 Å².